The Labute approximate surface area is 186 Å². The van der Waals surface area contributed by atoms with Crippen LogP contribution in [0, 0.1) is 11.6 Å². The van der Waals surface area contributed by atoms with Crippen LogP contribution in [-0.4, -0.2) is 39.2 Å². The first kappa shape index (κ1) is 22.9. The molecule has 0 aromatic heterocycles. The maximum Gasteiger partial charge on any atom is 0.191 e. The van der Waals surface area contributed by atoms with Gasteiger partial charge in [-0.1, -0.05) is 24.3 Å². The SMILES string of the molecule is CN=C(NCCOc1ccc(F)cc1F)NCc1cccc(N2CC=CC2)c1.I. The molecule has 5 nitrogen and oxygen atoms in total. The second-order valence-corrected chi connectivity index (χ2v) is 6.32. The standard InChI is InChI=1S/C21H24F2N4O.HI/c1-24-21(25-9-12-28-20-8-7-17(22)14-19(20)23)26-15-16-5-4-6-18(13-16)27-10-2-3-11-27;/h2-8,13-14H,9-12,15H2,1H3,(H2,24,25,26);1H. The third-order valence-corrected chi connectivity index (χ3v) is 4.32. The van der Waals surface area contributed by atoms with Crippen LogP contribution in [0.5, 0.6) is 5.75 Å². The lowest BCUT2D eigenvalue weighted by atomic mass is 10.2. The summed E-state index contributed by atoms with van der Waals surface area (Å²) in [5.74, 6) is -0.691. The maximum atomic E-state index is 13.5. The van der Waals surface area contributed by atoms with Crippen LogP contribution in [0.4, 0.5) is 14.5 Å². The minimum Gasteiger partial charge on any atom is -0.489 e. The van der Waals surface area contributed by atoms with Gasteiger partial charge in [-0.3, -0.25) is 4.99 Å². The van der Waals surface area contributed by atoms with Crippen molar-refractivity contribution in [3.05, 3.63) is 71.8 Å². The van der Waals surface area contributed by atoms with Crippen LogP contribution >= 0.6 is 24.0 Å². The molecule has 156 valence electrons. The molecule has 0 spiro atoms. The number of anilines is 1. The number of rotatable bonds is 7. The van der Waals surface area contributed by atoms with Gasteiger partial charge in [-0.25, -0.2) is 8.78 Å². The number of aliphatic imine (C=N–C) groups is 1. The van der Waals surface area contributed by atoms with E-state index in [1.54, 1.807) is 7.05 Å². The van der Waals surface area contributed by atoms with Crippen molar-refractivity contribution in [3.63, 3.8) is 0 Å². The van der Waals surface area contributed by atoms with Crippen molar-refractivity contribution in [2.24, 2.45) is 4.99 Å². The van der Waals surface area contributed by atoms with E-state index in [0.717, 1.165) is 24.7 Å². The topological polar surface area (TPSA) is 48.9 Å². The molecule has 1 aliphatic heterocycles. The zero-order valence-corrected chi connectivity index (χ0v) is 18.5. The summed E-state index contributed by atoms with van der Waals surface area (Å²) in [6, 6.07) is 11.6. The van der Waals surface area contributed by atoms with Crippen LogP contribution < -0.4 is 20.3 Å². The molecule has 2 aromatic carbocycles. The smallest absolute Gasteiger partial charge is 0.191 e. The molecule has 0 aliphatic carbocycles. The van der Waals surface area contributed by atoms with E-state index < -0.39 is 11.6 Å². The molecule has 3 rings (SSSR count). The van der Waals surface area contributed by atoms with E-state index in [9.17, 15) is 8.78 Å². The van der Waals surface area contributed by atoms with Crippen molar-refractivity contribution >= 4 is 35.6 Å². The monoisotopic (exact) mass is 514 g/mol. The van der Waals surface area contributed by atoms with E-state index in [-0.39, 0.29) is 36.3 Å². The highest BCUT2D eigenvalue weighted by atomic mass is 127. The summed E-state index contributed by atoms with van der Waals surface area (Å²) in [5, 5.41) is 6.35. The molecule has 0 amide bonds. The summed E-state index contributed by atoms with van der Waals surface area (Å²) < 4.78 is 31.7. The Morgan fingerprint density at radius 2 is 1.90 bits per heavy atom. The van der Waals surface area contributed by atoms with Crippen LogP contribution in [0.3, 0.4) is 0 Å². The van der Waals surface area contributed by atoms with E-state index in [1.807, 2.05) is 6.07 Å². The largest absolute Gasteiger partial charge is 0.489 e. The number of ether oxygens (including phenoxy) is 1. The molecular formula is C21H25F2IN4O. The molecule has 0 radical (unpaired) electrons. The summed E-state index contributed by atoms with van der Waals surface area (Å²) in [6.45, 7) is 3.16. The van der Waals surface area contributed by atoms with Gasteiger partial charge in [-0.2, -0.15) is 0 Å². The first-order valence-electron chi connectivity index (χ1n) is 9.17. The van der Waals surface area contributed by atoms with Gasteiger partial charge < -0.3 is 20.3 Å². The number of benzene rings is 2. The highest BCUT2D eigenvalue weighted by molar-refractivity contribution is 14.0. The van der Waals surface area contributed by atoms with Gasteiger partial charge >= 0.3 is 0 Å². The number of guanidine groups is 1. The molecule has 1 heterocycles. The molecule has 2 aromatic rings. The van der Waals surface area contributed by atoms with Crippen LogP contribution in [0.2, 0.25) is 0 Å². The molecule has 0 saturated heterocycles. The second-order valence-electron chi connectivity index (χ2n) is 6.32. The van der Waals surface area contributed by atoms with Crippen LogP contribution in [-0.2, 0) is 6.54 Å². The van der Waals surface area contributed by atoms with Crippen molar-refractivity contribution in [1.82, 2.24) is 10.6 Å². The van der Waals surface area contributed by atoms with E-state index in [2.05, 4.69) is 50.9 Å². The fraction of sp³-hybridized carbons (Fsp3) is 0.286. The average Bonchev–Trinajstić information content (AvgIpc) is 3.24. The van der Waals surface area contributed by atoms with Crippen molar-refractivity contribution in [2.75, 3.05) is 38.2 Å². The highest BCUT2D eigenvalue weighted by Gasteiger charge is 2.08. The summed E-state index contributed by atoms with van der Waals surface area (Å²) in [4.78, 5) is 6.47. The van der Waals surface area contributed by atoms with Crippen molar-refractivity contribution in [3.8, 4) is 5.75 Å². The van der Waals surface area contributed by atoms with Gasteiger partial charge in [0.15, 0.2) is 17.5 Å². The van der Waals surface area contributed by atoms with Crippen LogP contribution in [0.1, 0.15) is 5.56 Å². The van der Waals surface area contributed by atoms with Gasteiger partial charge in [-0.05, 0) is 29.8 Å². The van der Waals surface area contributed by atoms with Gasteiger partial charge in [0, 0.05) is 38.4 Å². The van der Waals surface area contributed by atoms with Gasteiger partial charge in [0.05, 0.1) is 6.54 Å². The Balaban J connectivity index is 0.00000300. The minimum atomic E-state index is -0.712. The van der Waals surface area contributed by atoms with Gasteiger partial charge in [0.2, 0.25) is 0 Å². The Morgan fingerprint density at radius 3 is 2.62 bits per heavy atom. The van der Waals surface area contributed by atoms with Gasteiger partial charge in [-0.15, -0.1) is 24.0 Å². The van der Waals surface area contributed by atoms with Crippen LogP contribution in [0.25, 0.3) is 0 Å². The molecule has 29 heavy (non-hydrogen) atoms. The third kappa shape index (κ3) is 6.88. The summed E-state index contributed by atoms with van der Waals surface area (Å²) in [5.41, 5.74) is 2.35. The Kier molecular flexibility index (Phi) is 9.17. The van der Waals surface area contributed by atoms with E-state index in [0.29, 0.717) is 19.0 Å². The molecule has 0 fully saturated rings. The summed E-state index contributed by atoms with van der Waals surface area (Å²) in [7, 11) is 1.68. The summed E-state index contributed by atoms with van der Waals surface area (Å²) in [6.07, 6.45) is 4.33. The first-order chi connectivity index (χ1) is 13.7. The predicted octanol–water partition coefficient (Wildman–Crippen LogP) is 3.70. The molecular weight excluding hydrogens is 489 g/mol. The van der Waals surface area contributed by atoms with Crippen molar-refractivity contribution in [2.45, 2.75) is 6.54 Å². The fourth-order valence-electron chi connectivity index (χ4n) is 2.88. The number of hydrogen-bond acceptors (Lipinski definition) is 3. The molecule has 2 N–H and O–H groups in total. The molecule has 0 saturated carbocycles. The maximum absolute atomic E-state index is 13.5. The Morgan fingerprint density at radius 1 is 1.10 bits per heavy atom. The van der Waals surface area contributed by atoms with Gasteiger partial charge in [0.25, 0.3) is 0 Å². The van der Waals surface area contributed by atoms with E-state index in [4.69, 9.17) is 4.74 Å². The predicted molar refractivity (Wildman–Crippen MR) is 123 cm³/mol. The average molecular weight is 514 g/mol. The van der Waals surface area contributed by atoms with E-state index in [1.165, 1.54) is 17.8 Å². The lowest BCUT2D eigenvalue weighted by molar-refractivity contribution is 0.304. The quantitative estimate of drug-likeness (QED) is 0.195. The fourth-order valence-corrected chi connectivity index (χ4v) is 2.88. The number of hydrogen-bond donors (Lipinski definition) is 2. The third-order valence-electron chi connectivity index (χ3n) is 4.32. The molecule has 0 unspecified atom stereocenters. The van der Waals surface area contributed by atoms with Crippen LogP contribution in [0.15, 0.2) is 59.6 Å². The second kappa shape index (κ2) is 11.6. The summed E-state index contributed by atoms with van der Waals surface area (Å²) >= 11 is 0. The Hall–Kier alpha value is -2.36. The van der Waals surface area contributed by atoms with Crippen molar-refractivity contribution in [1.29, 1.82) is 0 Å². The molecule has 1 aliphatic rings. The number of nitrogens with zero attached hydrogens (tertiary/aromatic N) is 2. The zero-order valence-electron chi connectivity index (χ0n) is 16.2. The van der Waals surface area contributed by atoms with Gasteiger partial charge in [0.1, 0.15) is 12.4 Å². The van der Waals surface area contributed by atoms with Crippen molar-refractivity contribution < 1.29 is 13.5 Å². The molecule has 0 bridgehead atoms. The molecule has 0 atom stereocenters. The lowest BCUT2D eigenvalue weighted by Crippen LogP contribution is -2.38. The minimum absolute atomic E-state index is 0. The number of nitrogens with one attached hydrogen (secondary N) is 2. The normalized spacial score (nSPS) is 13.2. The zero-order chi connectivity index (χ0) is 19.8. The molecule has 8 heteroatoms. The highest BCUT2D eigenvalue weighted by Crippen LogP contribution is 2.18. The number of halogens is 3. The Bertz CT molecular complexity index is 852. The van der Waals surface area contributed by atoms with E-state index >= 15 is 0 Å². The lowest BCUT2D eigenvalue weighted by Gasteiger charge is -2.19. The first-order valence-corrected chi connectivity index (χ1v) is 9.17.